The van der Waals surface area contributed by atoms with E-state index in [0.717, 1.165) is 30.8 Å². The summed E-state index contributed by atoms with van der Waals surface area (Å²) in [5, 5.41) is 13.5. The summed E-state index contributed by atoms with van der Waals surface area (Å²) in [5.74, 6) is -0.249. The molecule has 0 spiro atoms. The van der Waals surface area contributed by atoms with Crippen LogP contribution in [0, 0.1) is 5.82 Å². The quantitative estimate of drug-likeness (QED) is 0.611. The molecule has 0 aromatic carbocycles. The molecule has 0 bridgehead atoms. The summed E-state index contributed by atoms with van der Waals surface area (Å²) in [6.45, 7) is 0.767. The highest BCUT2D eigenvalue weighted by Crippen LogP contribution is 2.28. The highest BCUT2D eigenvalue weighted by molar-refractivity contribution is 6.31. The van der Waals surface area contributed by atoms with Gasteiger partial charge in [-0.3, -0.25) is 0 Å². The van der Waals surface area contributed by atoms with E-state index in [4.69, 9.17) is 11.6 Å². The zero-order valence-electron chi connectivity index (χ0n) is 14.8. The minimum atomic E-state index is -0.960. The molecular formula is C18H18ClFN6O2. The lowest BCUT2D eigenvalue weighted by molar-refractivity contribution is 0.110. The summed E-state index contributed by atoms with van der Waals surface area (Å²) in [4.78, 5) is 28.4. The van der Waals surface area contributed by atoms with Gasteiger partial charge in [0.05, 0.1) is 17.3 Å². The smallest absolute Gasteiger partial charge is 0.407 e. The molecule has 3 N–H and O–H groups in total. The third-order valence-corrected chi connectivity index (χ3v) is 5.07. The second-order valence-corrected chi connectivity index (χ2v) is 7.09. The summed E-state index contributed by atoms with van der Waals surface area (Å²) < 4.78 is 14.2. The number of amides is 1. The molecule has 1 fully saturated rings. The fourth-order valence-electron chi connectivity index (χ4n) is 3.46. The van der Waals surface area contributed by atoms with Gasteiger partial charge in [0.2, 0.25) is 0 Å². The molecule has 1 saturated heterocycles. The Morgan fingerprint density at radius 3 is 3.07 bits per heavy atom. The van der Waals surface area contributed by atoms with E-state index in [-0.39, 0.29) is 18.4 Å². The topological polar surface area (TPSA) is 107 Å². The third-order valence-electron chi connectivity index (χ3n) is 4.86. The lowest BCUT2D eigenvalue weighted by Crippen LogP contribution is -2.46. The number of aromatic nitrogens is 4. The second kappa shape index (κ2) is 7.59. The number of nitrogens with zero attached hydrogens (tertiary/aromatic N) is 4. The molecule has 0 saturated carbocycles. The minimum Gasteiger partial charge on any atom is -0.465 e. The number of carboxylic acid groups (broad SMARTS) is 1. The van der Waals surface area contributed by atoms with Gasteiger partial charge in [0.1, 0.15) is 5.65 Å². The molecule has 10 heteroatoms. The van der Waals surface area contributed by atoms with Crippen LogP contribution in [0.2, 0.25) is 5.02 Å². The number of piperidine rings is 1. The molecule has 1 aliphatic heterocycles. The van der Waals surface area contributed by atoms with Crippen LogP contribution in [0.1, 0.15) is 19.3 Å². The number of hydrogen-bond acceptors (Lipinski definition) is 5. The summed E-state index contributed by atoms with van der Waals surface area (Å²) in [6, 6.07) is 1.52. The van der Waals surface area contributed by atoms with Crippen LogP contribution in [-0.4, -0.2) is 55.2 Å². The van der Waals surface area contributed by atoms with Crippen LogP contribution in [0.15, 0.2) is 24.7 Å². The first-order valence-electron chi connectivity index (χ1n) is 8.92. The molecule has 3 aromatic rings. The maximum atomic E-state index is 14.2. The zero-order valence-corrected chi connectivity index (χ0v) is 15.6. The molecular weight excluding hydrogens is 387 g/mol. The average molecular weight is 405 g/mol. The number of anilines is 1. The molecule has 0 radical (unpaired) electrons. The fourth-order valence-corrected chi connectivity index (χ4v) is 3.62. The van der Waals surface area contributed by atoms with Gasteiger partial charge in [-0.25, -0.2) is 24.1 Å². The molecule has 4 rings (SSSR count). The first-order valence-corrected chi connectivity index (χ1v) is 9.29. The lowest BCUT2D eigenvalue weighted by atomic mass is 10.0. The van der Waals surface area contributed by atoms with Gasteiger partial charge in [0.15, 0.2) is 17.5 Å². The van der Waals surface area contributed by atoms with Crippen molar-refractivity contribution in [1.82, 2.24) is 24.8 Å². The van der Waals surface area contributed by atoms with E-state index in [9.17, 15) is 14.3 Å². The number of aromatic amines is 1. The monoisotopic (exact) mass is 404 g/mol. The van der Waals surface area contributed by atoms with E-state index < -0.39 is 11.9 Å². The van der Waals surface area contributed by atoms with Gasteiger partial charge in [-0.15, -0.1) is 0 Å². The van der Waals surface area contributed by atoms with Gasteiger partial charge in [-0.1, -0.05) is 11.6 Å². The van der Waals surface area contributed by atoms with E-state index in [1.54, 1.807) is 12.3 Å². The number of carbonyl (C=O) groups is 1. The average Bonchev–Trinajstić information content (AvgIpc) is 3.10. The van der Waals surface area contributed by atoms with Gasteiger partial charge in [-0.2, -0.15) is 0 Å². The SMILES string of the molecule is O=C(O)N1CCCC[C@@H]1CNc1nc(-c2c[nH]c3ncc(Cl)cc23)ncc1F. The number of rotatable bonds is 4. The van der Waals surface area contributed by atoms with Gasteiger partial charge < -0.3 is 20.3 Å². The zero-order chi connectivity index (χ0) is 19.7. The Hall–Kier alpha value is -2.94. The first-order chi connectivity index (χ1) is 13.5. The number of pyridine rings is 1. The number of H-pyrrole nitrogens is 1. The molecule has 1 atom stereocenters. The van der Waals surface area contributed by atoms with E-state index in [2.05, 4.69) is 25.3 Å². The minimum absolute atomic E-state index is 0.0326. The Labute approximate surface area is 164 Å². The van der Waals surface area contributed by atoms with Crippen LogP contribution in [0.25, 0.3) is 22.4 Å². The molecule has 1 amide bonds. The number of fused-ring (bicyclic) bond motifs is 1. The van der Waals surface area contributed by atoms with E-state index in [0.29, 0.717) is 28.6 Å². The summed E-state index contributed by atoms with van der Waals surface area (Å²) in [6.07, 6.45) is 5.86. The molecule has 146 valence electrons. The number of nitrogens with one attached hydrogen (secondary N) is 2. The largest absolute Gasteiger partial charge is 0.465 e. The molecule has 0 aliphatic carbocycles. The van der Waals surface area contributed by atoms with Crippen LogP contribution < -0.4 is 5.32 Å². The molecule has 28 heavy (non-hydrogen) atoms. The van der Waals surface area contributed by atoms with Crippen molar-refractivity contribution >= 4 is 34.5 Å². The third kappa shape index (κ3) is 3.57. The van der Waals surface area contributed by atoms with Gasteiger partial charge >= 0.3 is 6.09 Å². The molecule has 0 unspecified atom stereocenters. The van der Waals surface area contributed by atoms with Crippen LogP contribution in [0.4, 0.5) is 15.0 Å². The molecule has 4 heterocycles. The van der Waals surface area contributed by atoms with Crippen molar-refractivity contribution in [2.24, 2.45) is 0 Å². The predicted octanol–water partition coefficient (Wildman–Crippen LogP) is 3.76. The second-order valence-electron chi connectivity index (χ2n) is 6.65. The van der Waals surface area contributed by atoms with Crippen molar-refractivity contribution in [3.63, 3.8) is 0 Å². The van der Waals surface area contributed by atoms with Crippen LogP contribution in [0.3, 0.4) is 0 Å². The highest BCUT2D eigenvalue weighted by Gasteiger charge is 2.26. The Balaban J connectivity index is 1.58. The fraction of sp³-hybridized carbons (Fsp3) is 0.333. The van der Waals surface area contributed by atoms with Gasteiger partial charge in [0.25, 0.3) is 0 Å². The predicted molar refractivity (Wildman–Crippen MR) is 103 cm³/mol. The van der Waals surface area contributed by atoms with Crippen molar-refractivity contribution in [2.45, 2.75) is 25.3 Å². The lowest BCUT2D eigenvalue weighted by Gasteiger charge is -2.33. The number of halogens is 2. The summed E-state index contributed by atoms with van der Waals surface area (Å²) in [7, 11) is 0. The molecule has 8 nitrogen and oxygen atoms in total. The number of hydrogen-bond donors (Lipinski definition) is 3. The maximum Gasteiger partial charge on any atom is 0.407 e. The Kier molecular flexibility index (Phi) is 4.99. The van der Waals surface area contributed by atoms with Crippen molar-refractivity contribution in [3.05, 3.63) is 35.5 Å². The molecule has 1 aliphatic rings. The van der Waals surface area contributed by atoms with E-state index in [1.165, 1.54) is 11.1 Å². The van der Waals surface area contributed by atoms with Gasteiger partial charge in [-0.05, 0) is 25.3 Å². The maximum absolute atomic E-state index is 14.2. The van der Waals surface area contributed by atoms with Crippen LogP contribution >= 0.6 is 11.6 Å². The Morgan fingerprint density at radius 1 is 1.39 bits per heavy atom. The summed E-state index contributed by atoms with van der Waals surface area (Å²) in [5.41, 5.74) is 1.28. The van der Waals surface area contributed by atoms with Crippen molar-refractivity contribution in [3.8, 4) is 11.4 Å². The van der Waals surface area contributed by atoms with Crippen molar-refractivity contribution in [2.75, 3.05) is 18.4 Å². The highest BCUT2D eigenvalue weighted by atomic mass is 35.5. The standard InChI is InChI=1S/C18H18ClFN6O2/c19-10-5-12-13(8-23-15(12)21-6-10)16-24-9-14(20)17(25-16)22-7-11-3-1-2-4-26(11)18(27)28/h5-6,8-9,11H,1-4,7H2,(H,21,23)(H,27,28)(H,22,24,25)/t11-/m1/s1. The Bertz CT molecular complexity index is 1030. The first kappa shape index (κ1) is 18.4. The van der Waals surface area contributed by atoms with E-state index in [1.807, 2.05) is 0 Å². The normalized spacial score (nSPS) is 17.1. The Morgan fingerprint density at radius 2 is 2.25 bits per heavy atom. The van der Waals surface area contributed by atoms with Gasteiger partial charge in [0, 0.05) is 36.4 Å². The van der Waals surface area contributed by atoms with Crippen LogP contribution in [0.5, 0.6) is 0 Å². The van der Waals surface area contributed by atoms with E-state index >= 15 is 0 Å². The number of likely N-dealkylation sites (tertiary alicyclic amines) is 1. The molecule has 3 aromatic heterocycles. The summed E-state index contributed by atoms with van der Waals surface area (Å²) >= 11 is 6.02. The van der Waals surface area contributed by atoms with Crippen molar-refractivity contribution < 1.29 is 14.3 Å². The van der Waals surface area contributed by atoms with Crippen molar-refractivity contribution in [1.29, 1.82) is 0 Å². The van der Waals surface area contributed by atoms with Crippen LogP contribution in [-0.2, 0) is 0 Å².